The summed E-state index contributed by atoms with van der Waals surface area (Å²) in [5, 5.41) is 9.28. The van der Waals surface area contributed by atoms with Gasteiger partial charge in [0.2, 0.25) is 0 Å². The fraction of sp³-hybridized carbons (Fsp3) is 0.118. The first-order chi connectivity index (χ1) is 10.5. The van der Waals surface area contributed by atoms with Gasteiger partial charge in [-0.2, -0.15) is 5.26 Å². The third-order valence-corrected chi connectivity index (χ3v) is 4.05. The molecule has 0 aliphatic carbocycles. The van der Waals surface area contributed by atoms with E-state index in [9.17, 15) is 14.0 Å². The Morgan fingerprint density at radius 3 is 2.64 bits per heavy atom. The molecular formula is C17H10BrF2NO. The van der Waals surface area contributed by atoms with Gasteiger partial charge in [0.15, 0.2) is 11.6 Å². The van der Waals surface area contributed by atoms with Crippen molar-refractivity contribution in [2.75, 3.05) is 0 Å². The lowest BCUT2D eigenvalue weighted by atomic mass is 9.91. The van der Waals surface area contributed by atoms with Crippen LogP contribution in [0.5, 0.6) is 5.75 Å². The number of nitrogens with zero attached hydrogens (tertiary/aromatic N) is 1. The van der Waals surface area contributed by atoms with E-state index in [1.54, 1.807) is 6.92 Å². The van der Waals surface area contributed by atoms with Crippen LogP contribution in [0.4, 0.5) is 8.78 Å². The van der Waals surface area contributed by atoms with Crippen LogP contribution in [0.1, 0.15) is 23.6 Å². The predicted octanol–water partition coefficient (Wildman–Crippen LogP) is 4.97. The molecule has 2 aromatic rings. The van der Waals surface area contributed by atoms with Crippen molar-refractivity contribution < 1.29 is 13.5 Å². The number of rotatable bonds is 0. The highest BCUT2D eigenvalue weighted by Crippen LogP contribution is 2.40. The predicted molar refractivity (Wildman–Crippen MR) is 82.1 cm³/mol. The highest BCUT2D eigenvalue weighted by Gasteiger charge is 2.23. The Bertz CT molecular complexity index is 852. The molecule has 0 saturated carbocycles. The molecule has 1 aliphatic heterocycles. The number of fused-ring (bicyclic) bond motifs is 2. The summed E-state index contributed by atoms with van der Waals surface area (Å²) in [6.07, 6.45) is 0. The fourth-order valence-corrected chi connectivity index (χ4v) is 2.94. The first kappa shape index (κ1) is 14.7. The van der Waals surface area contributed by atoms with Crippen molar-refractivity contribution in [1.29, 1.82) is 5.26 Å². The van der Waals surface area contributed by atoms with Gasteiger partial charge in [-0.05, 0) is 36.2 Å². The number of hydrogen-bond acceptors (Lipinski definition) is 2. The van der Waals surface area contributed by atoms with Crippen LogP contribution in [0.2, 0.25) is 0 Å². The van der Waals surface area contributed by atoms with Crippen LogP contribution in [0, 0.1) is 23.0 Å². The lowest BCUT2D eigenvalue weighted by Gasteiger charge is -2.12. The van der Waals surface area contributed by atoms with E-state index in [2.05, 4.69) is 22.0 Å². The molecule has 2 nitrogen and oxygen atoms in total. The second kappa shape index (κ2) is 5.54. The number of ether oxygens (including phenoxy) is 1. The summed E-state index contributed by atoms with van der Waals surface area (Å²) in [5.74, 6) is -1.71. The minimum absolute atomic E-state index is 0.217. The van der Waals surface area contributed by atoms with Crippen LogP contribution in [-0.2, 0) is 6.61 Å². The molecule has 2 aromatic carbocycles. The Kier molecular flexibility index (Phi) is 3.71. The molecule has 0 amide bonds. The maximum Gasteiger partial charge on any atom is 0.162 e. The first-order valence-electron chi connectivity index (χ1n) is 6.53. The van der Waals surface area contributed by atoms with Gasteiger partial charge in [0, 0.05) is 27.2 Å². The summed E-state index contributed by atoms with van der Waals surface area (Å²) in [5.41, 5.74) is 3.00. The topological polar surface area (TPSA) is 33.0 Å². The number of benzene rings is 2. The van der Waals surface area contributed by atoms with Gasteiger partial charge in [-0.15, -0.1) is 0 Å². The lowest BCUT2D eigenvalue weighted by Crippen LogP contribution is -1.96. The molecule has 0 unspecified atom stereocenters. The molecule has 0 fully saturated rings. The van der Waals surface area contributed by atoms with Crippen molar-refractivity contribution in [1.82, 2.24) is 0 Å². The quantitative estimate of drug-likeness (QED) is 0.621. The molecule has 0 saturated heterocycles. The van der Waals surface area contributed by atoms with Gasteiger partial charge in [-0.1, -0.05) is 22.0 Å². The molecule has 0 radical (unpaired) electrons. The third kappa shape index (κ3) is 2.40. The van der Waals surface area contributed by atoms with E-state index in [0.29, 0.717) is 16.7 Å². The second-order valence-corrected chi connectivity index (χ2v) is 5.88. The highest BCUT2D eigenvalue weighted by atomic mass is 79.9. The van der Waals surface area contributed by atoms with Crippen molar-refractivity contribution in [3.05, 3.63) is 68.7 Å². The Labute approximate surface area is 134 Å². The van der Waals surface area contributed by atoms with Gasteiger partial charge < -0.3 is 4.74 Å². The lowest BCUT2D eigenvalue weighted by molar-refractivity contribution is 0.304. The summed E-state index contributed by atoms with van der Waals surface area (Å²) in [6.45, 7) is 1.87. The molecule has 0 N–H and O–H groups in total. The first-order valence-corrected chi connectivity index (χ1v) is 7.32. The zero-order valence-corrected chi connectivity index (χ0v) is 13.2. The van der Waals surface area contributed by atoms with Crippen LogP contribution in [0.3, 0.4) is 0 Å². The molecule has 1 heterocycles. The SMILES string of the molecule is CC(C#N)=C1c2ccc(Br)cc2COc2cc(F)c(F)cc21. The minimum atomic E-state index is -0.972. The van der Waals surface area contributed by atoms with Crippen LogP contribution in [0.25, 0.3) is 5.57 Å². The Hall–Kier alpha value is -2.19. The van der Waals surface area contributed by atoms with Crippen LogP contribution in [-0.4, -0.2) is 0 Å². The summed E-state index contributed by atoms with van der Waals surface area (Å²) in [7, 11) is 0. The van der Waals surface area contributed by atoms with Crippen molar-refractivity contribution in [3.63, 3.8) is 0 Å². The van der Waals surface area contributed by atoms with Crippen molar-refractivity contribution in [3.8, 4) is 11.8 Å². The van der Waals surface area contributed by atoms with Gasteiger partial charge in [0.25, 0.3) is 0 Å². The number of nitriles is 1. The molecule has 0 aromatic heterocycles. The standard InChI is InChI=1S/C17H10BrF2NO/c1-9(7-21)17-12-3-2-11(18)4-10(12)8-22-16-6-15(20)14(19)5-13(16)17/h2-6H,8H2,1H3. The van der Waals surface area contributed by atoms with E-state index >= 15 is 0 Å². The molecule has 22 heavy (non-hydrogen) atoms. The number of hydrogen-bond donors (Lipinski definition) is 0. The van der Waals surface area contributed by atoms with Gasteiger partial charge in [-0.25, -0.2) is 8.78 Å². The molecule has 110 valence electrons. The van der Waals surface area contributed by atoms with E-state index < -0.39 is 11.6 Å². The van der Waals surface area contributed by atoms with Gasteiger partial charge in [0.1, 0.15) is 12.4 Å². The molecule has 0 atom stereocenters. The summed E-state index contributed by atoms with van der Waals surface area (Å²) < 4.78 is 33.7. The van der Waals surface area contributed by atoms with E-state index in [4.69, 9.17) is 4.74 Å². The highest BCUT2D eigenvalue weighted by molar-refractivity contribution is 9.10. The zero-order valence-electron chi connectivity index (χ0n) is 11.6. The molecule has 5 heteroatoms. The largest absolute Gasteiger partial charge is 0.488 e. The molecular weight excluding hydrogens is 352 g/mol. The van der Waals surface area contributed by atoms with Gasteiger partial charge in [0.05, 0.1) is 6.07 Å². The summed E-state index contributed by atoms with van der Waals surface area (Å²) >= 11 is 3.39. The van der Waals surface area contributed by atoms with Crippen molar-refractivity contribution in [2.24, 2.45) is 0 Å². The van der Waals surface area contributed by atoms with Crippen LogP contribution in [0.15, 0.2) is 40.4 Å². The Morgan fingerprint density at radius 2 is 1.91 bits per heavy atom. The molecule has 3 rings (SSSR count). The van der Waals surface area contributed by atoms with Crippen LogP contribution >= 0.6 is 15.9 Å². The average Bonchev–Trinajstić information content (AvgIpc) is 2.64. The maximum absolute atomic E-state index is 13.7. The minimum Gasteiger partial charge on any atom is -0.488 e. The smallest absolute Gasteiger partial charge is 0.162 e. The van der Waals surface area contributed by atoms with E-state index in [1.807, 2.05) is 18.2 Å². The molecule has 0 spiro atoms. The van der Waals surface area contributed by atoms with Gasteiger partial charge in [-0.3, -0.25) is 0 Å². The summed E-state index contributed by atoms with van der Waals surface area (Å²) in [4.78, 5) is 0. The zero-order chi connectivity index (χ0) is 15.9. The Morgan fingerprint density at radius 1 is 1.18 bits per heavy atom. The fourth-order valence-electron chi connectivity index (χ4n) is 2.53. The van der Waals surface area contributed by atoms with Crippen LogP contribution < -0.4 is 4.74 Å². The molecule has 0 bridgehead atoms. The second-order valence-electron chi connectivity index (χ2n) is 4.96. The van der Waals surface area contributed by atoms with E-state index in [1.165, 1.54) is 0 Å². The normalized spacial score (nSPS) is 15.0. The van der Waals surface area contributed by atoms with E-state index in [-0.39, 0.29) is 12.4 Å². The Balaban J connectivity index is 2.37. The monoisotopic (exact) mass is 361 g/mol. The summed E-state index contributed by atoms with van der Waals surface area (Å²) in [6, 6.07) is 9.75. The maximum atomic E-state index is 13.7. The number of halogens is 3. The third-order valence-electron chi connectivity index (χ3n) is 3.55. The average molecular weight is 362 g/mol. The number of allylic oxidation sites excluding steroid dienone is 1. The van der Waals surface area contributed by atoms with Crippen molar-refractivity contribution in [2.45, 2.75) is 13.5 Å². The van der Waals surface area contributed by atoms with Gasteiger partial charge >= 0.3 is 0 Å². The van der Waals surface area contributed by atoms with Crippen molar-refractivity contribution >= 4 is 21.5 Å². The van der Waals surface area contributed by atoms with E-state index in [0.717, 1.165) is 27.7 Å². The molecule has 1 aliphatic rings.